The molecule has 4 nitrogen and oxygen atoms in total. The highest BCUT2D eigenvalue weighted by atomic mass is 32.2. The van der Waals surface area contributed by atoms with Gasteiger partial charge in [-0.25, -0.2) is 13.4 Å². The highest BCUT2D eigenvalue weighted by Crippen LogP contribution is 2.30. The molecule has 0 amide bonds. The summed E-state index contributed by atoms with van der Waals surface area (Å²) in [5.41, 5.74) is 0.816. The van der Waals surface area contributed by atoms with Gasteiger partial charge in [-0.15, -0.1) is 0 Å². The maximum absolute atomic E-state index is 11.3. The average Bonchev–Trinajstić information content (AvgIpc) is 3.13. The number of ether oxygens (including phenoxy) is 1. The third-order valence-electron chi connectivity index (χ3n) is 2.59. The summed E-state index contributed by atoms with van der Waals surface area (Å²) in [5.74, 6) is 1.35. The fraction of sp³-hybridized carbons (Fsp3) is 0.615. The summed E-state index contributed by atoms with van der Waals surface area (Å²) in [4.78, 5) is 3.90. The zero-order chi connectivity index (χ0) is 13.8. The Hall–Kier alpha value is -1.10. The molecule has 0 aliphatic heterocycles. The number of pyridine rings is 1. The van der Waals surface area contributed by atoms with E-state index in [1.807, 2.05) is 20.8 Å². The van der Waals surface area contributed by atoms with Crippen molar-refractivity contribution in [3.8, 4) is 5.75 Å². The van der Waals surface area contributed by atoms with Crippen LogP contribution in [0.4, 0.5) is 0 Å². The molecule has 2 rings (SSSR count). The van der Waals surface area contributed by atoms with Crippen molar-refractivity contribution in [2.24, 2.45) is 5.92 Å². The highest BCUT2D eigenvalue weighted by Gasteiger charge is 2.22. The molecule has 0 bridgehead atoms. The zero-order valence-corrected chi connectivity index (χ0v) is 12.3. The van der Waals surface area contributed by atoms with Gasteiger partial charge >= 0.3 is 0 Å². The van der Waals surface area contributed by atoms with Gasteiger partial charge in [-0.1, -0.05) is 13.8 Å². The summed E-state index contributed by atoms with van der Waals surface area (Å²) in [6.07, 6.45) is 5.11. The lowest BCUT2D eigenvalue weighted by Gasteiger charge is -2.08. The monoisotopic (exact) mass is 271 g/mol. The standard InChI is InChI=1S/C11H15NO3S.C2H6/c1-8-5-11(16(2,13)14)12-6-10(8)15-7-9-3-4-9;1-2/h5-6,9H,3-4,7H2,1-2H3;1-2H3. The Balaban J connectivity index is 0.000000771. The van der Waals surface area contributed by atoms with Gasteiger partial charge in [0.15, 0.2) is 14.9 Å². The smallest absolute Gasteiger partial charge is 0.192 e. The number of sulfone groups is 1. The van der Waals surface area contributed by atoms with E-state index in [9.17, 15) is 8.42 Å². The fourth-order valence-electron chi connectivity index (χ4n) is 1.36. The molecule has 5 heteroatoms. The molecule has 0 spiro atoms. The van der Waals surface area contributed by atoms with E-state index in [0.717, 1.165) is 11.8 Å². The van der Waals surface area contributed by atoms with Crippen molar-refractivity contribution in [2.75, 3.05) is 12.9 Å². The third kappa shape index (κ3) is 4.29. The van der Waals surface area contributed by atoms with E-state index in [2.05, 4.69) is 4.98 Å². The SMILES string of the molecule is CC.Cc1cc(S(C)(=O)=O)ncc1OCC1CC1. The quantitative estimate of drug-likeness (QED) is 0.844. The van der Waals surface area contributed by atoms with Gasteiger partial charge in [-0.05, 0) is 37.3 Å². The first-order chi connectivity index (χ1) is 8.47. The Morgan fingerprint density at radius 2 is 2.00 bits per heavy atom. The molecular formula is C13H21NO3S. The average molecular weight is 271 g/mol. The van der Waals surface area contributed by atoms with Crippen molar-refractivity contribution in [1.29, 1.82) is 0 Å². The van der Waals surface area contributed by atoms with E-state index >= 15 is 0 Å². The molecule has 102 valence electrons. The summed E-state index contributed by atoms with van der Waals surface area (Å²) < 4.78 is 28.1. The first kappa shape index (κ1) is 15.0. The first-order valence-corrected chi connectivity index (χ1v) is 8.15. The van der Waals surface area contributed by atoms with E-state index in [1.54, 1.807) is 6.07 Å². The van der Waals surface area contributed by atoms with E-state index in [4.69, 9.17) is 4.74 Å². The van der Waals surface area contributed by atoms with Gasteiger partial charge in [0.05, 0.1) is 12.8 Å². The van der Waals surface area contributed by atoms with Crippen LogP contribution in [0.5, 0.6) is 5.75 Å². The number of rotatable bonds is 4. The summed E-state index contributed by atoms with van der Waals surface area (Å²) in [6, 6.07) is 1.55. The molecule has 1 saturated carbocycles. The molecule has 18 heavy (non-hydrogen) atoms. The van der Waals surface area contributed by atoms with Crippen molar-refractivity contribution in [3.05, 3.63) is 17.8 Å². The van der Waals surface area contributed by atoms with E-state index in [0.29, 0.717) is 18.3 Å². The van der Waals surface area contributed by atoms with Crippen LogP contribution in [0.3, 0.4) is 0 Å². The first-order valence-electron chi connectivity index (χ1n) is 6.26. The van der Waals surface area contributed by atoms with Crippen molar-refractivity contribution in [3.63, 3.8) is 0 Å². The predicted molar refractivity (Wildman–Crippen MR) is 71.7 cm³/mol. The second-order valence-corrected chi connectivity index (χ2v) is 6.28. The minimum Gasteiger partial charge on any atom is -0.491 e. The van der Waals surface area contributed by atoms with Crippen LogP contribution in [-0.2, 0) is 9.84 Å². The molecule has 0 atom stereocenters. The normalized spacial score (nSPS) is 14.7. The van der Waals surface area contributed by atoms with E-state index in [1.165, 1.54) is 19.0 Å². The molecule has 0 radical (unpaired) electrons. The lowest BCUT2D eigenvalue weighted by molar-refractivity contribution is 0.296. The van der Waals surface area contributed by atoms with Crippen LogP contribution in [-0.4, -0.2) is 26.3 Å². The Labute approximate surface area is 109 Å². The molecule has 0 unspecified atom stereocenters. The Bertz CT molecular complexity index is 493. The van der Waals surface area contributed by atoms with Crippen molar-refractivity contribution >= 4 is 9.84 Å². The number of hydrogen-bond acceptors (Lipinski definition) is 4. The molecule has 1 aromatic rings. The molecule has 1 heterocycles. The molecule has 0 aromatic carbocycles. The van der Waals surface area contributed by atoms with Crippen LogP contribution in [0.25, 0.3) is 0 Å². The zero-order valence-electron chi connectivity index (χ0n) is 11.4. The van der Waals surface area contributed by atoms with Crippen LogP contribution in [0.15, 0.2) is 17.3 Å². The van der Waals surface area contributed by atoms with Crippen LogP contribution < -0.4 is 4.74 Å². The van der Waals surface area contributed by atoms with Gasteiger partial charge in [0, 0.05) is 6.26 Å². The van der Waals surface area contributed by atoms with Crippen LogP contribution >= 0.6 is 0 Å². The largest absolute Gasteiger partial charge is 0.491 e. The minimum absolute atomic E-state index is 0.101. The molecule has 1 fully saturated rings. The number of aromatic nitrogens is 1. The summed E-state index contributed by atoms with van der Waals surface area (Å²) in [7, 11) is -3.23. The van der Waals surface area contributed by atoms with Gasteiger partial charge in [0.1, 0.15) is 5.75 Å². The lowest BCUT2D eigenvalue weighted by atomic mass is 10.3. The second-order valence-electron chi connectivity index (χ2n) is 4.31. The van der Waals surface area contributed by atoms with Crippen LogP contribution in [0, 0.1) is 12.8 Å². The highest BCUT2D eigenvalue weighted by molar-refractivity contribution is 7.90. The van der Waals surface area contributed by atoms with Crippen LogP contribution in [0.1, 0.15) is 32.3 Å². The van der Waals surface area contributed by atoms with Gasteiger partial charge < -0.3 is 4.74 Å². The van der Waals surface area contributed by atoms with Crippen LogP contribution in [0.2, 0.25) is 0 Å². The van der Waals surface area contributed by atoms with Crippen molar-refractivity contribution in [1.82, 2.24) is 4.98 Å². The van der Waals surface area contributed by atoms with E-state index in [-0.39, 0.29) is 5.03 Å². The molecule has 1 aliphatic rings. The maximum atomic E-state index is 11.3. The Morgan fingerprint density at radius 1 is 1.39 bits per heavy atom. The fourth-order valence-corrected chi connectivity index (χ4v) is 2.00. The minimum atomic E-state index is -3.23. The Kier molecular flexibility index (Phi) is 5.14. The van der Waals surface area contributed by atoms with E-state index < -0.39 is 9.84 Å². The summed E-state index contributed by atoms with van der Waals surface area (Å²) in [6.45, 7) is 6.54. The number of nitrogens with zero attached hydrogens (tertiary/aromatic N) is 1. The van der Waals surface area contributed by atoms with Gasteiger partial charge in [-0.3, -0.25) is 0 Å². The van der Waals surface area contributed by atoms with Gasteiger partial charge in [-0.2, -0.15) is 0 Å². The molecular weight excluding hydrogens is 250 g/mol. The number of hydrogen-bond donors (Lipinski definition) is 0. The van der Waals surface area contributed by atoms with Crippen molar-refractivity contribution in [2.45, 2.75) is 38.6 Å². The third-order valence-corrected chi connectivity index (χ3v) is 3.57. The van der Waals surface area contributed by atoms with Crippen molar-refractivity contribution < 1.29 is 13.2 Å². The topological polar surface area (TPSA) is 56.3 Å². The second kappa shape index (κ2) is 6.18. The molecule has 1 aromatic heterocycles. The van der Waals surface area contributed by atoms with Gasteiger partial charge in [0.25, 0.3) is 0 Å². The predicted octanol–water partition coefficient (Wildman–Crippen LogP) is 2.61. The lowest BCUT2D eigenvalue weighted by Crippen LogP contribution is -2.04. The maximum Gasteiger partial charge on any atom is 0.192 e. The summed E-state index contributed by atoms with van der Waals surface area (Å²) in [5, 5.41) is 0.101. The Morgan fingerprint density at radius 3 is 2.44 bits per heavy atom. The molecule has 0 saturated heterocycles. The number of aryl methyl sites for hydroxylation is 1. The summed E-state index contributed by atoms with van der Waals surface area (Å²) >= 11 is 0. The van der Waals surface area contributed by atoms with Gasteiger partial charge in [0.2, 0.25) is 0 Å². The molecule has 1 aliphatic carbocycles. The molecule has 0 N–H and O–H groups in total.